The van der Waals surface area contributed by atoms with E-state index in [1.54, 1.807) is 0 Å². The van der Waals surface area contributed by atoms with E-state index in [4.69, 9.17) is 40.8 Å². The highest BCUT2D eigenvalue weighted by Gasteiger charge is 2.40. The average molecular weight is 715 g/mol. The number of amides is 4. The van der Waals surface area contributed by atoms with Crippen molar-refractivity contribution < 1.29 is 50.4 Å². The molecule has 0 aliphatic heterocycles. The molecular weight excluding hydrogens is 649 g/mol. The largest absolute Gasteiger partial charge is 0.500 e. The molecule has 15 nitrogen and oxygen atoms in total. The molecule has 0 aliphatic rings. The Hall–Kier alpha value is -1.39. The van der Waals surface area contributed by atoms with Crippen molar-refractivity contribution >= 4 is 29.7 Å². The Morgan fingerprint density at radius 1 is 0.404 bits per heavy atom. The van der Waals surface area contributed by atoms with Crippen LogP contribution in [0.1, 0.15) is 67.2 Å². The van der Waals surface area contributed by atoms with Crippen molar-refractivity contribution in [2.75, 3.05) is 105 Å². The molecule has 17 heteroatoms. The summed E-state index contributed by atoms with van der Waals surface area (Å²) < 4.78 is 51.6. The van der Waals surface area contributed by atoms with Gasteiger partial charge in [-0.1, -0.05) is 0 Å². The molecule has 0 spiro atoms. The molecule has 0 bridgehead atoms. The Morgan fingerprint density at radius 3 is 0.936 bits per heavy atom. The topological polar surface area (TPSA) is 165 Å². The lowest BCUT2D eigenvalue weighted by atomic mass is 10.4. The first kappa shape index (κ1) is 45.6. The van der Waals surface area contributed by atoms with E-state index >= 15 is 0 Å². The molecule has 0 atom stereocenters. The van der Waals surface area contributed by atoms with Crippen molar-refractivity contribution in [3.05, 3.63) is 0 Å². The summed E-state index contributed by atoms with van der Waals surface area (Å²) in [6, 6.07) is 0.907. The first-order chi connectivity index (χ1) is 22.9. The third-order valence-corrected chi connectivity index (χ3v) is 12.6. The quantitative estimate of drug-likeness (QED) is 0.0571. The number of ether oxygens (including phenoxy) is 3. The van der Waals surface area contributed by atoms with E-state index in [-0.39, 0.29) is 12.1 Å². The maximum Gasteiger partial charge on any atom is 0.500 e. The lowest BCUT2D eigenvalue weighted by Crippen LogP contribution is -2.46. The van der Waals surface area contributed by atoms with E-state index in [9.17, 15) is 9.59 Å². The molecule has 280 valence electrons. The van der Waals surface area contributed by atoms with Gasteiger partial charge in [0.1, 0.15) is 0 Å². The van der Waals surface area contributed by atoms with Gasteiger partial charge in [0.25, 0.3) is 0 Å². The zero-order valence-electron chi connectivity index (χ0n) is 30.0. The van der Waals surface area contributed by atoms with Crippen molar-refractivity contribution in [2.24, 2.45) is 0 Å². The number of rotatable bonds is 34. The second kappa shape index (κ2) is 31.9. The lowest BCUT2D eigenvalue weighted by Gasteiger charge is -2.28. The molecular formula is C30H66N4O11Si2. The number of carbonyl (C=O) groups is 2. The van der Waals surface area contributed by atoms with Crippen LogP contribution >= 0.6 is 0 Å². The molecule has 0 aromatic carbocycles. The second-order valence-corrected chi connectivity index (χ2v) is 15.5. The Labute approximate surface area is 285 Å². The van der Waals surface area contributed by atoms with Gasteiger partial charge in [0.05, 0.1) is 26.4 Å². The Balaban J connectivity index is 3.63. The summed E-state index contributed by atoms with van der Waals surface area (Å²) >= 11 is 0. The number of carbonyl (C=O) groups excluding carboxylic acids is 2. The van der Waals surface area contributed by atoms with Crippen LogP contribution in [0.15, 0.2) is 0 Å². The summed E-state index contributed by atoms with van der Waals surface area (Å²) in [5, 5.41) is 11.4. The van der Waals surface area contributed by atoms with Crippen LogP contribution in [-0.2, 0) is 40.8 Å². The SMILES string of the molecule is CCO[Si](CCCNC(=O)NCCCOCCOCCOCCCNC(=O)NCCC[Si](OCC)(OCC)OCC)(OCC)OCC. The average Bonchev–Trinajstić information content (AvgIpc) is 3.04. The minimum Gasteiger partial charge on any atom is -0.379 e. The smallest absolute Gasteiger partial charge is 0.379 e. The number of urea groups is 2. The van der Waals surface area contributed by atoms with Gasteiger partial charge in [0, 0.05) is 91.1 Å². The summed E-state index contributed by atoms with van der Waals surface area (Å²) in [5.74, 6) is 0. The van der Waals surface area contributed by atoms with Crippen LogP contribution in [0.5, 0.6) is 0 Å². The zero-order valence-corrected chi connectivity index (χ0v) is 32.0. The Morgan fingerprint density at radius 2 is 0.660 bits per heavy atom. The van der Waals surface area contributed by atoms with Crippen molar-refractivity contribution in [1.29, 1.82) is 0 Å². The van der Waals surface area contributed by atoms with E-state index in [1.165, 1.54) is 0 Å². The van der Waals surface area contributed by atoms with Gasteiger partial charge in [0.2, 0.25) is 0 Å². The third kappa shape index (κ3) is 25.3. The fourth-order valence-corrected chi connectivity index (χ4v) is 9.66. The monoisotopic (exact) mass is 714 g/mol. The third-order valence-electron chi connectivity index (χ3n) is 6.32. The molecule has 47 heavy (non-hydrogen) atoms. The van der Waals surface area contributed by atoms with E-state index in [2.05, 4.69) is 21.3 Å². The predicted molar refractivity (Wildman–Crippen MR) is 185 cm³/mol. The fourth-order valence-electron chi connectivity index (χ4n) is 4.44. The molecule has 0 unspecified atom stereocenters. The minimum absolute atomic E-state index is 0.207. The number of hydrogen-bond acceptors (Lipinski definition) is 11. The van der Waals surface area contributed by atoms with Gasteiger partial charge in [-0.25, -0.2) is 9.59 Å². The summed E-state index contributed by atoms with van der Waals surface area (Å²) in [7, 11) is -5.35. The summed E-state index contributed by atoms with van der Waals surface area (Å²) in [6.45, 7) is 19.8. The highest BCUT2D eigenvalue weighted by molar-refractivity contribution is 6.61. The van der Waals surface area contributed by atoms with E-state index < -0.39 is 17.6 Å². The summed E-state index contributed by atoms with van der Waals surface area (Å²) in [5.41, 5.74) is 0. The van der Waals surface area contributed by atoms with Gasteiger partial charge in [0.15, 0.2) is 0 Å². The maximum atomic E-state index is 12.0. The number of hydrogen-bond donors (Lipinski definition) is 4. The Kier molecular flexibility index (Phi) is 30.9. The molecule has 4 N–H and O–H groups in total. The molecule has 0 aromatic heterocycles. The van der Waals surface area contributed by atoms with Crippen LogP contribution < -0.4 is 21.3 Å². The molecule has 0 aliphatic carbocycles. The van der Waals surface area contributed by atoms with Gasteiger partial charge in [-0.3, -0.25) is 0 Å². The summed E-state index contributed by atoms with van der Waals surface area (Å²) in [6.07, 6.45) is 2.84. The highest BCUT2D eigenvalue weighted by Crippen LogP contribution is 2.18. The van der Waals surface area contributed by atoms with Crippen molar-refractivity contribution in [3.8, 4) is 0 Å². The standard InChI is InChI=1S/C30H66N4O11Si2/c1-7-40-46(41-8-2,42-9-3)27-15-19-33-29(35)31-17-13-21-37-23-25-39-26-24-38-22-14-18-32-30(36)34-20-16-28-47(43-10-4,44-11-5)45-12-6/h7-28H2,1-6H3,(H2,31,33,35)(H2,32,34,36). The van der Waals surface area contributed by atoms with Crippen LogP contribution in [0.4, 0.5) is 9.59 Å². The normalized spacial score (nSPS) is 11.9. The highest BCUT2D eigenvalue weighted by atomic mass is 28.4. The van der Waals surface area contributed by atoms with Gasteiger partial charge in [-0.2, -0.15) is 0 Å². The second-order valence-electron chi connectivity index (χ2n) is 10.1. The van der Waals surface area contributed by atoms with Crippen molar-refractivity contribution in [1.82, 2.24) is 21.3 Å². The van der Waals surface area contributed by atoms with Gasteiger partial charge in [-0.05, 0) is 67.2 Å². The molecule has 0 radical (unpaired) electrons. The van der Waals surface area contributed by atoms with Crippen molar-refractivity contribution in [2.45, 2.75) is 79.3 Å². The maximum absolute atomic E-state index is 12.0. The van der Waals surface area contributed by atoms with E-state index in [1.807, 2.05) is 41.5 Å². The van der Waals surface area contributed by atoms with Crippen LogP contribution in [-0.4, -0.2) is 135 Å². The van der Waals surface area contributed by atoms with E-state index in [0.717, 1.165) is 0 Å². The minimum atomic E-state index is -2.67. The van der Waals surface area contributed by atoms with E-state index in [0.29, 0.717) is 143 Å². The van der Waals surface area contributed by atoms with Crippen LogP contribution in [0.2, 0.25) is 12.1 Å². The van der Waals surface area contributed by atoms with Gasteiger partial charge < -0.3 is 62.0 Å². The molecule has 0 saturated carbocycles. The molecule has 0 heterocycles. The fraction of sp³-hybridized carbons (Fsp3) is 0.933. The summed E-state index contributed by atoms with van der Waals surface area (Å²) in [4.78, 5) is 24.0. The van der Waals surface area contributed by atoms with Crippen LogP contribution in [0.3, 0.4) is 0 Å². The predicted octanol–water partition coefficient (Wildman–Crippen LogP) is 3.29. The Bertz CT molecular complexity index is 656. The van der Waals surface area contributed by atoms with Crippen LogP contribution in [0, 0.1) is 0 Å². The van der Waals surface area contributed by atoms with Crippen LogP contribution in [0.25, 0.3) is 0 Å². The molecule has 0 saturated heterocycles. The zero-order chi connectivity index (χ0) is 34.9. The van der Waals surface area contributed by atoms with Crippen molar-refractivity contribution in [3.63, 3.8) is 0 Å². The van der Waals surface area contributed by atoms with Gasteiger partial charge in [-0.15, -0.1) is 0 Å². The first-order valence-corrected chi connectivity index (χ1v) is 21.3. The molecule has 0 rings (SSSR count). The molecule has 0 aromatic rings. The molecule has 4 amide bonds. The van der Waals surface area contributed by atoms with Gasteiger partial charge >= 0.3 is 29.7 Å². The first-order valence-electron chi connectivity index (χ1n) is 17.5. The molecule has 0 fully saturated rings. The number of nitrogens with one attached hydrogen (secondary N) is 4. The lowest BCUT2D eigenvalue weighted by molar-refractivity contribution is 0.0140.